The molecule has 0 atom stereocenters. The second kappa shape index (κ2) is 10.1. The van der Waals surface area contributed by atoms with Crippen molar-refractivity contribution in [1.29, 1.82) is 0 Å². The molecule has 2 heterocycles. The third-order valence-corrected chi connectivity index (χ3v) is 6.31. The summed E-state index contributed by atoms with van der Waals surface area (Å²) in [6, 6.07) is 8.78. The van der Waals surface area contributed by atoms with Crippen molar-refractivity contribution in [2.75, 3.05) is 17.7 Å². The maximum Gasteiger partial charge on any atom is 0.316 e. The second-order valence-electron chi connectivity index (χ2n) is 5.63. The molecule has 11 heteroatoms. The number of ether oxygens (including phenoxy) is 1. The molecule has 0 aliphatic carbocycles. The molecule has 0 radical (unpaired) electrons. The Hall–Kier alpha value is -2.07. The van der Waals surface area contributed by atoms with Crippen LogP contribution in [0.2, 0.25) is 10.0 Å². The molecule has 1 aromatic carbocycles. The lowest BCUT2D eigenvalue weighted by molar-refractivity contribution is -0.144. The van der Waals surface area contributed by atoms with Crippen LogP contribution in [0.3, 0.4) is 0 Å². The first-order valence-electron chi connectivity index (χ1n) is 8.49. The zero-order chi connectivity index (χ0) is 20.8. The number of nitrogens with one attached hydrogen (secondary N) is 1. The highest BCUT2D eigenvalue weighted by molar-refractivity contribution is 7.99. The molecule has 0 fully saturated rings. The molecule has 0 spiro atoms. The Labute approximate surface area is 185 Å². The third kappa shape index (κ3) is 5.51. The number of thiophene rings is 1. The lowest BCUT2D eigenvalue weighted by atomic mass is 10.3. The fraction of sp³-hybridized carbons (Fsp3) is 0.222. The van der Waals surface area contributed by atoms with Gasteiger partial charge >= 0.3 is 5.97 Å². The molecule has 0 aliphatic heterocycles. The van der Waals surface area contributed by atoms with Crippen LogP contribution in [0.25, 0.3) is 10.7 Å². The number of anilines is 1. The molecule has 1 N–H and O–H groups in total. The molecule has 2 aromatic heterocycles. The lowest BCUT2D eigenvalue weighted by Crippen LogP contribution is -2.21. The molecule has 0 unspecified atom stereocenters. The summed E-state index contributed by atoms with van der Waals surface area (Å²) in [5.41, 5.74) is 0.353. The van der Waals surface area contributed by atoms with E-state index in [1.165, 1.54) is 11.8 Å². The van der Waals surface area contributed by atoms with Gasteiger partial charge in [-0.1, -0.05) is 47.1 Å². The fourth-order valence-corrected chi connectivity index (χ4v) is 4.23. The average Bonchev–Trinajstić information content (AvgIpc) is 3.37. The van der Waals surface area contributed by atoms with E-state index in [1.54, 1.807) is 29.5 Å². The van der Waals surface area contributed by atoms with Crippen molar-refractivity contribution >= 4 is 63.9 Å². The van der Waals surface area contributed by atoms with Crippen LogP contribution in [0.1, 0.15) is 6.92 Å². The van der Waals surface area contributed by atoms with Crippen molar-refractivity contribution in [2.24, 2.45) is 0 Å². The van der Waals surface area contributed by atoms with Gasteiger partial charge in [-0.2, -0.15) is 0 Å². The van der Waals surface area contributed by atoms with Crippen molar-refractivity contribution in [2.45, 2.75) is 18.6 Å². The van der Waals surface area contributed by atoms with Crippen LogP contribution in [0.15, 0.2) is 40.9 Å². The van der Waals surface area contributed by atoms with Crippen LogP contribution in [0.4, 0.5) is 5.69 Å². The Morgan fingerprint density at radius 3 is 2.79 bits per heavy atom. The molecule has 7 nitrogen and oxygen atoms in total. The smallest absolute Gasteiger partial charge is 0.316 e. The van der Waals surface area contributed by atoms with Crippen molar-refractivity contribution < 1.29 is 14.3 Å². The highest BCUT2D eigenvalue weighted by atomic mass is 35.5. The van der Waals surface area contributed by atoms with Crippen molar-refractivity contribution in [1.82, 2.24) is 14.8 Å². The molecule has 0 saturated carbocycles. The van der Waals surface area contributed by atoms with E-state index in [2.05, 4.69) is 15.5 Å². The maximum absolute atomic E-state index is 12.0. The summed E-state index contributed by atoms with van der Waals surface area (Å²) in [5.74, 6) is -0.278. The number of nitrogens with zero attached hydrogens (tertiary/aromatic N) is 3. The Morgan fingerprint density at radius 2 is 2.07 bits per heavy atom. The topological polar surface area (TPSA) is 86.1 Å². The molecule has 29 heavy (non-hydrogen) atoms. The highest BCUT2D eigenvalue weighted by Gasteiger charge is 2.16. The normalized spacial score (nSPS) is 10.7. The summed E-state index contributed by atoms with van der Waals surface area (Å²) in [6.45, 7) is 2.22. The second-order valence-corrected chi connectivity index (χ2v) is 8.30. The van der Waals surface area contributed by atoms with E-state index in [1.807, 2.05) is 29.0 Å². The third-order valence-electron chi connectivity index (χ3n) is 3.68. The largest absolute Gasteiger partial charge is 0.455 e. The molecule has 1 amide bonds. The van der Waals surface area contributed by atoms with Crippen molar-refractivity contribution in [3.8, 4) is 10.7 Å². The van der Waals surface area contributed by atoms with Gasteiger partial charge in [-0.15, -0.1) is 21.5 Å². The fourth-order valence-electron chi connectivity index (χ4n) is 2.37. The maximum atomic E-state index is 12.0. The summed E-state index contributed by atoms with van der Waals surface area (Å²) in [7, 11) is 0. The van der Waals surface area contributed by atoms with Gasteiger partial charge in [0.1, 0.15) is 0 Å². The number of amides is 1. The van der Waals surface area contributed by atoms with Gasteiger partial charge < -0.3 is 14.6 Å². The van der Waals surface area contributed by atoms with E-state index in [9.17, 15) is 9.59 Å². The van der Waals surface area contributed by atoms with Crippen LogP contribution < -0.4 is 5.32 Å². The van der Waals surface area contributed by atoms with Gasteiger partial charge in [0, 0.05) is 6.54 Å². The Balaban J connectivity index is 1.50. The Bertz CT molecular complexity index is 1010. The van der Waals surface area contributed by atoms with Crippen LogP contribution in [-0.2, 0) is 20.9 Å². The summed E-state index contributed by atoms with van der Waals surface area (Å²) in [6.07, 6.45) is 0. The summed E-state index contributed by atoms with van der Waals surface area (Å²) >= 11 is 14.7. The quantitative estimate of drug-likeness (QED) is 0.382. The Kier molecular flexibility index (Phi) is 7.54. The number of carbonyl (C=O) groups excluding carboxylic acids is 2. The average molecular weight is 471 g/mol. The van der Waals surface area contributed by atoms with E-state index < -0.39 is 18.5 Å². The first-order valence-corrected chi connectivity index (χ1v) is 11.1. The van der Waals surface area contributed by atoms with Crippen LogP contribution in [0, 0.1) is 0 Å². The monoisotopic (exact) mass is 470 g/mol. The van der Waals surface area contributed by atoms with Gasteiger partial charge in [0.2, 0.25) is 0 Å². The number of hydrogen-bond donors (Lipinski definition) is 1. The molecule has 152 valence electrons. The van der Waals surface area contributed by atoms with Gasteiger partial charge in [-0.25, -0.2) is 0 Å². The first kappa shape index (κ1) is 21.6. The number of aromatic nitrogens is 3. The molecule has 0 bridgehead atoms. The van der Waals surface area contributed by atoms with Gasteiger partial charge in [0.15, 0.2) is 17.6 Å². The predicted octanol–water partition coefficient (Wildman–Crippen LogP) is 4.61. The number of halogens is 2. The first-order chi connectivity index (χ1) is 14.0. The van der Waals surface area contributed by atoms with Gasteiger partial charge in [0.25, 0.3) is 5.91 Å². The molecule has 0 aliphatic rings. The van der Waals surface area contributed by atoms with Gasteiger partial charge in [-0.3, -0.25) is 9.59 Å². The molecule has 3 rings (SSSR count). The number of thioether (sulfide) groups is 1. The number of rotatable bonds is 8. The lowest BCUT2D eigenvalue weighted by Gasteiger charge is -2.09. The van der Waals surface area contributed by atoms with E-state index in [4.69, 9.17) is 27.9 Å². The molecular weight excluding hydrogens is 455 g/mol. The highest BCUT2D eigenvalue weighted by Crippen LogP contribution is 2.29. The predicted molar refractivity (Wildman–Crippen MR) is 116 cm³/mol. The van der Waals surface area contributed by atoms with E-state index >= 15 is 0 Å². The standard InChI is InChI=1S/C18H16Cl2N4O3S2/c1-2-24-17(13-7-4-8-28-13)22-23-18(24)29-10-15(26)27-9-14(25)21-12-6-3-5-11(19)16(12)20/h3-8H,2,9-10H2,1H3,(H,21,25). The van der Waals surface area contributed by atoms with Gasteiger partial charge in [0.05, 0.1) is 26.4 Å². The zero-order valence-electron chi connectivity index (χ0n) is 15.2. The van der Waals surface area contributed by atoms with Crippen LogP contribution in [0.5, 0.6) is 0 Å². The number of hydrogen-bond acceptors (Lipinski definition) is 7. The van der Waals surface area contributed by atoms with Crippen LogP contribution in [-0.4, -0.2) is 39.0 Å². The number of benzene rings is 1. The minimum Gasteiger partial charge on any atom is -0.455 e. The van der Waals surface area contributed by atoms with E-state index in [0.29, 0.717) is 22.4 Å². The van der Waals surface area contributed by atoms with Gasteiger partial charge in [-0.05, 0) is 30.5 Å². The SMILES string of the molecule is CCn1c(SCC(=O)OCC(=O)Nc2cccc(Cl)c2Cl)nnc1-c1cccs1. The summed E-state index contributed by atoms with van der Waals surface area (Å²) in [4.78, 5) is 25.0. The van der Waals surface area contributed by atoms with Crippen LogP contribution >= 0.6 is 46.3 Å². The summed E-state index contributed by atoms with van der Waals surface area (Å²) in [5, 5.41) is 14.0. The van der Waals surface area contributed by atoms with E-state index in [-0.39, 0.29) is 10.8 Å². The van der Waals surface area contributed by atoms with Crippen molar-refractivity contribution in [3.05, 3.63) is 45.8 Å². The molecule has 3 aromatic rings. The minimum absolute atomic E-state index is 0.00771. The Morgan fingerprint density at radius 1 is 1.24 bits per heavy atom. The number of esters is 1. The molecule has 0 saturated heterocycles. The van der Waals surface area contributed by atoms with Crippen molar-refractivity contribution in [3.63, 3.8) is 0 Å². The summed E-state index contributed by atoms with van der Waals surface area (Å²) < 4.78 is 6.95. The van der Waals surface area contributed by atoms with E-state index in [0.717, 1.165) is 10.7 Å². The zero-order valence-corrected chi connectivity index (χ0v) is 18.4. The molecular formula is C18H16Cl2N4O3S2. The number of carbonyl (C=O) groups is 2. The minimum atomic E-state index is -0.536.